The molecule has 3 N–H and O–H groups in total. The molecule has 26 heavy (non-hydrogen) atoms. The summed E-state index contributed by atoms with van der Waals surface area (Å²) in [5, 5.41) is 11.3. The molecule has 2 heterocycles. The Morgan fingerprint density at radius 3 is 3.00 bits per heavy atom. The third-order valence-corrected chi connectivity index (χ3v) is 5.45. The van der Waals surface area contributed by atoms with Gasteiger partial charge in [0.05, 0.1) is 16.8 Å². The molecule has 6 nitrogen and oxygen atoms in total. The first-order valence-electron chi connectivity index (χ1n) is 8.48. The molecule has 1 aliphatic rings. The van der Waals surface area contributed by atoms with Gasteiger partial charge < -0.3 is 20.5 Å². The molecule has 0 saturated heterocycles. The molecule has 4 rings (SSSR count). The zero-order valence-electron chi connectivity index (χ0n) is 14.1. The van der Waals surface area contributed by atoms with Crippen LogP contribution in [0.15, 0.2) is 36.4 Å². The first-order valence-corrected chi connectivity index (χ1v) is 9.30. The Balaban J connectivity index is 1.73. The highest BCUT2D eigenvalue weighted by Crippen LogP contribution is 2.39. The maximum Gasteiger partial charge on any atom is 0.224 e. The summed E-state index contributed by atoms with van der Waals surface area (Å²) in [7, 11) is 0. The van der Waals surface area contributed by atoms with Crippen molar-refractivity contribution in [3.05, 3.63) is 42.0 Å². The topological polar surface area (TPSA) is 88.7 Å². The third-order valence-electron chi connectivity index (χ3n) is 4.37. The Bertz CT molecular complexity index is 937. The van der Waals surface area contributed by atoms with Crippen molar-refractivity contribution in [3.8, 4) is 22.1 Å². The quantitative estimate of drug-likeness (QED) is 0.741. The van der Waals surface area contributed by atoms with Gasteiger partial charge in [0.15, 0.2) is 11.5 Å². The van der Waals surface area contributed by atoms with Crippen LogP contribution < -0.4 is 10.5 Å². The number of fused-ring (bicyclic) bond motifs is 2. The highest BCUT2D eigenvalue weighted by molar-refractivity contribution is 7.21. The zero-order valence-corrected chi connectivity index (χ0v) is 15.0. The average Bonchev–Trinajstić information content (AvgIpc) is 2.94. The number of carbonyl (C=O) groups is 1. The number of nitrogens with two attached hydrogens (primary N) is 1. The molecule has 0 spiro atoms. The van der Waals surface area contributed by atoms with E-state index in [2.05, 4.69) is 4.98 Å². The number of hydrogen-bond donors (Lipinski definition) is 2. The maximum atomic E-state index is 12.2. The molecule has 0 fully saturated rings. The van der Waals surface area contributed by atoms with Gasteiger partial charge in [-0.05, 0) is 24.3 Å². The van der Waals surface area contributed by atoms with Crippen molar-refractivity contribution in [1.29, 1.82) is 0 Å². The van der Waals surface area contributed by atoms with E-state index in [-0.39, 0.29) is 11.7 Å². The van der Waals surface area contributed by atoms with Crippen molar-refractivity contribution in [3.63, 3.8) is 0 Å². The summed E-state index contributed by atoms with van der Waals surface area (Å²) in [5.74, 6) is 0.511. The van der Waals surface area contributed by atoms with Crippen molar-refractivity contribution in [2.24, 2.45) is 5.73 Å². The lowest BCUT2D eigenvalue weighted by Crippen LogP contribution is -2.33. The number of aromatic nitrogens is 1. The number of nitrogens with zero attached hydrogens (tertiary/aromatic N) is 2. The lowest BCUT2D eigenvalue weighted by atomic mass is 10.1. The van der Waals surface area contributed by atoms with E-state index in [1.54, 1.807) is 22.3 Å². The minimum Gasteiger partial charge on any atom is -0.504 e. The van der Waals surface area contributed by atoms with Crippen LogP contribution in [0.2, 0.25) is 0 Å². The van der Waals surface area contributed by atoms with Crippen molar-refractivity contribution >= 4 is 27.5 Å². The lowest BCUT2D eigenvalue weighted by molar-refractivity contribution is -0.131. The predicted octanol–water partition coefficient (Wildman–Crippen LogP) is 2.74. The highest BCUT2D eigenvalue weighted by atomic mass is 32.1. The summed E-state index contributed by atoms with van der Waals surface area (Å²) in [6.07, 6.45) is 0.304. The SMILES string of the molecule is NCCC(=O)N1CCOc2c(O)cc(-c3nc4ccccc4s3)cc2C1. The molecule has 1 aromatic heterocycles. The van der Waals surface area contributed by atoms with E-state index < -0.39 is 0 Å². The molecule has 2 aromatic carbocycles. The van der Waals surface area contributed by atoms with E-state index in [0.717, 1.165) is 26.4 Å². The zero-order chi connectivity index (χ0) is 18.1. The first-order chi connectivity index (χ1) is 12.7. The van der Waals surface area contributed by atoms with Gasteiger partial charge in [-0.1, -0.05) is 12.1 Å². The van der Waals surface area contributed by atoms with E-state index in [4.69, 9.17) is 10.5 Å². The molecule has 0 radical (unpaired) electrons. The molecule has 1 amide bonds. The van der Waals surface area contributed by atoms with E-state index in [9.17, 15) is 9.90 Å². The molecular weight excluding hydrogens is 350 g/mol. The minimum atomic E-state index is -0.00571. The number of thiazole rings is 1. The monoisotopic (exact) mass is 369 g/mol. The van der Waals surface area contributed by atoms with Crippen LogP contribution in [0.5, 0.6) is 11.5 Å². The number of para-hydroxylation sites is 1. The van der Waals surface area contributed by atoms with Gasteiger partial charge >= 0.3 is 0 Å². The van der Waals surface area contributed by atoms with Gasteiger partial charge in [-0.25, -0.2) is 4.98 Å². The second-order valence-electron chi connectivity index (χ2n) is 6.17. The first kappa shape index (κ1) is 16.8. The van der Waals surface area contributed by atoms with E-state index in [1.807, 2.05) is 30.3 Å². The number of carbonyl (C=O) groups excluding carboxylic acids is 1. The summed E-state index contributed by atoms with van der Waals surface area (Å²) >= 11 is 1.57. The summed E-state index contributed by atoms with van der Waals surface area (Å²) < 4.78 is 6.79. The van der Waals surface area contributed by atoms with Gasteiger partial charge in [-0.2, -0.15) is 0 Å². The molecule has 0 aliphatic carbocycles. The van der Waals surface area contributed by atoms with Crippen LogP contribution in [-0.2, 0) is 11.3 Å². The molecule has 0 atom stereocenters. The average molecular weight is 369 g/mol. The number of ether oxygens (including phenoxy) is 1. The van der Waals surface area contributed by atoms with E-state index in [0.29, 0.717) is 38.4 Å². The largest absolute Gasteiger partial charge is 0.504 e. The maximum absolute atomic E-state index is 12.2. The smallest absolute Gasteiger partial charge is 0.224 e. The molecule has 134 valence electrons. The second-order valence-corrected chi connectivity index (χ2v) is 7.20. The van der Waals surface area contributed by atoms with Gasteiger partial charge in [-0.3, -0.25) is 4.79 Å². The summed E-state index contributed by atoms with van der Waals surface area (Å²) in [4.78, 5) is 18.6. The van der Waals surface area contributed by atoms with Gasteiger partial charge in [0.1, 0.15) is 11.6 Å². The van der Waals surface area contributed by atoms with Gasteiger partial charge in [0, 0.05) is 30.6 Å². The van der Waals surface area contributed by atoms with Gasteiger partial charge in [0.25, 0.3) is 0 Å². The molecule has 0 bridgehead atoms. The van der Waals surface area contributed by atoms with Crippen molar-refractivity contribution in [1.82, 2.24) is 9.88 Å². The molecule has 3 aromatic rings. The second kappa shape index (κ2) is 6.93. The summed E-state index contributed by atoms with van der Waals surface area (Å²) in [6.45, 7) is 1.53. The number of phenolic OH excluding ortho intramolecular Hbond substituents is 1. The number of benzene rings is 2. The number of rotatable bonds is 3. The van der Waals surface area contributed by atoms with Crippen LogP contribution >= 0.6 is 11.3 Å². The van der Waals surface area contributed by atoms with Crippen LogP contribution in [-0.4, -0.2) is 40.6 Å². The van der Waals surface area contributed by atoms with Gasteiger partial charge in [-0.15, -0.1) is 11.3 Å². The van der Waals surface area contributed by atoms with Gasteiger partial charge in [0.2, 0.25) is 5.91 Å². The Hall–Kier alpha value is -2.64. The standard InChI is InChI=1S/C19H19N3O3S/c20-6-5-17(24)22-7-8-25-18-13(11-22)9-12(10-15(18)23)19-21-14-3-1-2-4-16(14)26-19/h1-4,9-10,23H,5-8,11,20H2. The van der Waals surface area contributed by atoms with Crippen LogP contribution in [0.4, 0.5) is 0 Å². The van der Waals surface area contributed by atoms with Crippen molar-refractivity contribution < 1.29 is 14.6 Å². The molecule has 0 saturated carbocycles. The third kappa shape index (κ3) is 3.11. The van der Waals surface area contributed by atoms with E-state index >= 15 is 0 Å². The fraction of sp³-hybridized carbons (Fsp3) is 0.263. The Labute approximate surface area is 154 Å². The normalized spacial score (nSPS) is 14.0. The van der Waals surface area contributed by atoms with Crippen LogP contribution in [0.25, 0.3) is 20.8 Å². The lowest BCUT2D eigenvalue weighted by Gasteiger charge is -2.19. The number of phenols is 1. The predicted molar refractivity (Wildman–Crippen MR) is 101 cm³/mol. The molecule has 1 aliphatic heterocycles. The Kier molecular flexibility index (Phi) is 4.48. The summed E-state index contributed by atoms with van der Waals surface area (Å²) in [6, 6.07) is 11.5. The fourth-order valence-electron chi connectivity index (χ4n) is 3.11. The molecular formula is C19H19N3O3S. The van der Waals surface area contributed by atoms with Crippen LogP contribution in [0, 0.1) is 0 Å². The fourth-order valence-corrected chi connectivity index (χ4v) is 4.07. The highest BCUT2D eigenvalue weighted by Gasteiger charge is 2.23. The Morgan fingerprint density at radius 1 is 1.35 bits per heavy atom. The molecule has 7 heteroatoms. The Morgan fingerprint density at radius 2 is 2.19 bits per heavy atom. The number of aromatic hydroxyl groups is 1. The minimum absolute atomic E-state index is 0.00571. The van der Waals surface area contributed by atoms with Crippen molar-refractivity contribution in [2.75, 3.05) is 19.7 Å². The van der Waals surface area contributed by atoms with Crippen LogP contribution in [0.1, 0.15) is 12.0 Å². The van der Waals surface area contributed by atoms with Crippen molar-refractivity contribution in [2.45, 2.75) is 13.0 Å². The number of hydrogen-bond acceptors (Lipinski definition) is 6. The van der Waals surface area contributed by atoms with Crippen LogP contribution in [0.3, 0.4) is 0 Å². The van der Waals surface area contributed by atoms with E-state index in [1.165, 1.54) is 0 Å². The summed E-state index contributed by atoms with van der Waals surface area (Å²) in [5.41, 5.74) is 8.03. The number of amides is 1. The molecule has 0 unspecified atom stereocenters.